The van der Waals surface area contributed by atoms with Crippen molar-refractivity contribution in [3.05, 3.63) is 11.6 Å². The van der Waals surface area contributed by atoms with E-state index in [1.165, 1.54) is 0 Å². The van der Waals surface area contributed by atoms with Crippen LogP contribution in [0.5, 0.6) is 0 Å². The van der Waals surface area contributed by atoms with E-state index in [9.17, 15) is 4.79 Å². The Balaban J connectivity index is 2.82. The summed E-state index contributed by atoms with van der Waals surface area (Å²) < 4.78 is 1.72. The van der Waals surface area contributed by atoms with Crippen molar-refractivity contribution in [2.75, 3.05) is 0 Å². The van der Waals surface area contributed by atoms with E-state index in [2.05, 4.69) is 30.9 Å². The number of carboxylic acids is 1. The minimum absolute atomic E-state index is 0.0662. The molecule has 0 saturated heterocycles. The SMILES string of the molecule is Cn1nc(CCC(=O)O)nc1C(C)(C)C. The van der Waals surface area contributed by atoms with Crippen molar-refractivity contribution in [2.45, 2.75) is 39.0 Å². The van der Waals surface area contributed by atoms with Crippen molar-refractivity contribution in [2.24, 2.45) is 7.05 Å². The predicted octanol–water partition coefficient (Wildman–Crippen LogP) is 1.13. The van der Waals surface area contributed by atoms with Crippen LogP contribution in [-0.2, 0) is 23.7 Å². The van der Waals surface area contributed by atoms with Gasteiger partial charge in [0.1, 0.15) is 5.82 Å². The molecule has 0 saturated carbocycles. The number of carbonyl (C=O) groups is 1. The van der Waals surface area contributed by atoms with Gasteiger partial charge in [0.25, 0.3) is 0 Å². The lowest BCUT2D eigenvalue weighted by Crippen LogP contribution is -2.17. The summed E-state index contributed by atoms with van der Waals surface area (Å²) in [6.07, 6.45) is 0.465. The van der Waals surface area contributed by atoms with Gasteiger partial charge < -0.3 is 5.11 Å². The van der Waals surface area contributed by atoms with E-state index in [1.54, 1.807) is 4.68 Å². The minimum atomic E-state index is -0.820. The first-order chi connectivity index (χ1) is 6.80. The lowest BCUT2D eigenvalue weighted by atomic mass is 9.96. The third-order valence-corrected chi connectivity index (χ3v) is 2.04. The summed E-state index contributed by atoms with van der Waals surface area (Å²) in [5.74, 6) is 0.660. The first-order valence-corrected chi connectivity index (χ1v) is 4.93. The van der Waals surface area contributed by atoms with Crippen molar-refractivity contribution in [1.29, 1.82) is 0 Å². The van der Waals surface area contributed by atoms with Gasteiger partial charge in [-0.2, -0.15) is 5.10 Å². The third-order valence-electron chi connectivity index (χ3n) is 2.04. The van der Waals surface area contributed by atoms with Gasteiger partial charge in [-0.3, -0.25) is 9.48 Å². The first-order valence-electron chi connectivity index (χ1n) is 4.93. The molecule has 0 amide bonds. The number of aromatic nitrogens is 3. The van der Waals surface area contributed by atoms with Gasteiger partial charge in [-0.15, -0.1) is 0 Å². The molecule has 0 aliphatic carbocycles. The number of hydrogen-bond acceptors (Lipinski definition) is 3. The Labute approximate surface area is 89.1 Å². The van der Waals surface area contributed by atoms with Crippen LogP contribution in [-0.4, -0.2) is 25.8 Å². The maximum atomic E-state index is 10.4. The van der Waals surface area contributed by atoms with Crippen molar-refractivity contribution >= 4 is 5.97 Å². The topological polar surface area (TPSA) is 68.0 Å². The van der Waals surface area contributed by atoms with Gasteiger partial charge in [-0.05, 0) is 0 Å². The molecule has 0 unspecified atom stereocenters. The normalized spacial score (nSPS) is 11.7. The zero-order valence-corrected chi connectivity index (χ0v) is 9.61. The zero-order chi connectivity index (χ0) is 11.6. The maximum Gasteiger partial charge on any atom is 0.303 e. The van der Waals surface area contributed by atoms with Gasteiger partial charge in [-0.25, -0.2) is 4.98 Å². The molecule has 0 aliphatic rings. The third kappa shape index (κ3) is 3.04. The predicted molar refractivity (Wildman–Crippen MR) is 55.7 cm³/mol. The summed E-state index contributed by atoms with van der Waals surface area (Å²) in [6.45, 7) is 6.16. The molecule has 0 radical (unpaired) electrons. The number of aryl methyl sites for hydroxylation is 2. The van der Waals surface area contributed by atoms with E-state index >= 15 is 0 Å². The molecule has 0 fully saturated rings. The molecule has 0 spiro atoms. The monoisotopic (exact) mass is 211 g/mol. The number of rotatable bonds is 3. The zero-order valence-electron chi connectivity index (χ0n) is 9.61. The fraction of sp³-hybridized carbons (Fsp3) is 0.700. The van der Waals surface area contributed by atoms with Gasteiger partial charge in [0, 0.05) is 18.9 Å². The first kappa shape index (κ1) is 11.7. The lowest BCUT2D eigenvalue weighted by molar-refractivity contribution is -0.137. The molecule has 0 bridgehead atoms. The fourth-order valence-corrected chi connectivity index (χ4v) is 1.42. The average Bonchev–Trinajstić information content (AvgIpc) is 2.42. The highest BCUT2D eigenvalue weighted by atomic mass is 16.4. The van der Waals surface area contributed by atoms with Crippen molar-refractivity contribution in [3.63, 3.8) is 0 Å². The summed E-state index contributed by atoms with van der Waals surface area (Å²) in [5.41, 5.74) is -0.0662. The highest BCUT2D eigenvalue weighted by Crippen LogP contribution is 2.19. The van der Waals surface area contributed by atoms with Crippen LogP contribution in [0.4, 0.5) is 0 Å². The van der Waals surface area contributed by atoms with Gasteiger partial charge in [0.05, 0.1) is 6.42 Å². The largest absolute Gasteiger partial charge is 0.481 e. The van der Waals surface area contributed by atoms with Crippen molar-refractivity contribution < 1.29 is 9.90 Å². The molecule has 0 aliphatic heterocycles. The Hall–Kier alpha value is -1.39. The fourth-order valence-electron chi connectivity index (χ4n) is 1.42. The van der Waals surface area contributed by atoms with Crippen LogP contribution >= 0.6 is 0 Å². The summed E-state index contributed by atoms with van der Waals surface area (Å²) in [5, 5.41) is 12.7. The molecule has 1 N–H and O–H groups in total. The highest BCUT2D eigenvalue weighted by Gasteiger charge is 2.21. The Bertz CT molecular complexity index is 363. The van der Waals surface area contributed by atoms with Crippen LogP contribution < -0.4 is 0 Å². The van der Waals surface area contributed by atoms with Crippen LogP contribution in [0.3, 0.4) is 0 Å². The summed E-state index contributed by atoms with van der Waals surface area (Å²) >= 11 is 0. The average molecular weight is 211 g/mol. The smallest absolute Gasteiger partial charge is 0.303 e. The van der Waals surface area contributed by atoms with Crippen LogP contribution in [0.25, 0.3) is 0 Å². The number of aliphatic carboxylic acids is 1. The highest BCUT2D eigenvalue weighted by molar-refractivity contribution is 5.66. The molecule has 5 nitrogen and oxygen atoms in total. The lowest BCUT2D eigenvalue weighted by Gasteiger charge is -2.15. The molecule has 84 valence electrons. The van der Waals surface area contributed by atoms with E-state index < -0.39 is 5.97 Å². The minimum Gasteiger partial charge on any atom is -0.481 e. The Kier molecular flexibility index (Phi) is 3.12. The molecular weight excluding hydrogens is 194 g/mol. The van der Waals surface area contributed by atoms with Crippen LogP contribution in [0.2, 0.25) is 0 Å². The molecule has 0 atom stereocenters. The standard InChI is InChI=1S/C10H17N3O2/c1-10(2,3)9-11-7(12-13(9)4)5-6-8(14)15/h5-6H2,1-4H3,(H,14,15). The molecule has 1 aromatic rings. The Morgan fingerprint density at radius 2 is 2.07 bits per heavy atom. The number of hydrogen-bond donors (Lipinski definition) is 1. The van der Waals surface area contributed by atoms with Crippen LogP contribution in [0.1, 0.15) is 38.8 Å². The summed E-state index contributed by atoms with van der Waals surface area (Å²) in [6, 6.07) is 0. The molecule has 1 aromatic heterocycles. The second-order valence-corrected chi connectivity index (χ2v) is 4.62. The number of nitrogens with zero attached hydrogens (tertiary/aromatic N) is 3. The molecule has 5 heteroatoms. The molecule has 1 rings (SSSR count). The van der Waals surface area contributed by atoms with Crippen LogP contribution in [0.15, 0.2) is 0 Å². The Morgan fingerprint density at radius 3 is 2.47 bits per heavy atom. The van der Waals surface area contributed by atoms with Gasteiger partial charge in [0.2, 0.25) is 0 Å². The van der Waals surface area contributed by atoms with E-state index in [0.717, 1.165) is 5.82 Å². The second-order valence-electron chi connectivity index (χ2n) is 4.62. The molecule has 15 heavy (non-hydrogen) atoms. The van der Waals surface area contributed by atoms with E-state index in [-0.39, 0.29) is 11.8 Å². The molecule has 1 heterocycles. The van der Waals surface area contributed by atoms with Crippen molar-refractivity contribution in [1.82, 2.24) is 14.8 Å². The van der Waals surface area contributed by atoms with E-state index in [4.69, 9.17) is 5.11 Å². The van der Waals surface area contributed by atoms with Gasteiger partial charge in [0.15, 0.2) is 5.82 Å². The molecular formula is C10H17N3O2. The van der Waals surface area contributed by atoms with Gasteiger partial charge >= 0.3 is 5.97 Å². The van der Waals surface area contributed by atoms with Gasteiger partial charge in [-0.1, -0.05) is 20.8 Å². The quantitative estimate of drug-likeness (QED) is 0.813. The van der Waals surface area contributed by atoms with E-state index in [0.29, 0.717) is 12.2 Å². The number of carboxylic acid groups (broad SMARTS) is 1. The molecule has 0 aromatic carbocycles. The maximum absolute atomic E-state index is 10.4. The van der Waals surface area contributed by atoms with Crippen LogP contribution in [0, 0.1) is 0 Å². The summed E-state index contributed by atoms with van der Waals surface area (Å²) in [7, 11) is 1.83. The Morgan fingerprint density at radius 1 is 1.47 bits per heavy atom. The second kappa shape index (κ2) is 4.00. The van der Waals surface area contributed by atoms with E-state index in [1.807, 2.05) is 7.05 Å². The van der Waals surface area contributed by atoms with Crippen molar-refractivity contribution in [3.8, 4) is 0 Å². The summed E-state index contributed by atoms with van der Waals surface area (Å²) in [4.78, 5) is 14.7.